The van der Waals surface area contributed by atoms with Gasteiger partial charge in [0.15, 0.2) is 11.8 Å². The van der Waals surface area contributed by atoms with Gasteiger partial charge in [0, 0.05) is 19.5 Å². The number of carbonyl (C=O) groups is 5. The number of carboxylic acid groups (broad SMARTS) is 2. The predicted molar refractivity (Wildman–Crippen MR) is 134 cm³/mol. The second-order valence-electron chi connectivity index (χ2n) is 8.07. The Labute approximate surface area is 217 Å². The number of carboxylic acids is 2. The third kappa shape index (κ3) is 12.4. The first-order valence-electron chi connectivity index (χ1n) is 11.4. The number of nitrogens with zero attached hydrogens (tertiary/aromatic N) is 1. The van der Waals surface area contributed by atoms with Crippen molar-refractivity contribution in [1.29, 1.82) is 0 Å². The van der Waals surface area contributed by atoms with Gasteiger partial charge >= 0.3 is 11.9 Å². The predicted octanol–water partition coefficient (Wildman–Crippen LogP) is -1.89. The summed E-state index contributed by atoms with van der Waals surface area (Å²) < 4.78 is 14.3. The highest BCUT2D eigenvalue weighted by molar-refractivity contribution is 5.97. The fraction of sp³-hybridized carbons (Fsp3) is 0.391. The SMILES string of the molecule is NC(N)=NCCC[C@H](N)C(=O)NC/C=C(\F)C(=O)N[C@@H](CC(=O)O)C(=O)N[C@@H](Cc1ccccc1)C(=O)O. The molecule has 0 aliphatic carbocycles. The maximum Gasteiger partial charge on any atom is 0.326 e. The van der Waals surface area contributed by atoms with Crippen LogP contribution in [0.3, 0.4) is 0 Å². The second kappa shape index (κ2) is 16.3. The van der Waals surface area contributed by atoms with E-state index in [4.69, 9.17) is 22.3 Å². The summed E-state index contributed by atoms with van der Waals surface area (Å²) in [5.74, 6) is -7.58. The van der Waals surface area contributed by atoms with Gasteiger partial charge in [-0.25, -0.2) is 9.18 Å². The van der Waals surface area contributed by atoms with E-state index in [1.165, 1.54) is 0 Å². The molecule has 3 amide bonds. The van der Waals surface area contributed by atoms with E-state index in [9.17, 15) is 33.5 Å². The van der Waals surface area contributed by atoms with Gasteiger partial charge in [0.2, 0.25) is 11.8 Å². The number of amides is 3. The molecular formula is C23H32FN7O7. The molecule has 0 spiro atoms. The summed E-state index contributed by atoms with van der Waals surface area (Å²) in [6.07, 6.45) is 0.307. The molecule has 11 N–H and O–H groups in total. The van der Waals surface area contributed by atoms with E-state index in [1.807, 2.05) is 5.32 Å². The lowest BCUT2D eigenvalue weighted by Crippen LogP contribution is -2.53. The molecule has 0 heterocycles. The summed E-state index contributed by atoms with van der Waals surface area (Å²) in [6.45, 7) is -0.157. The summed E-state index contributed by atoms with van der Waals surface area (Å²) in [4.78, 5) is 63.2. The highest BCUT2D eigenvalue weighted by Crippen LogP contribution is 2.06. The molecule has 0 unspecified atom stereocenters. The number of aliphatic carboxylic acids is 2. The van der Waals surface area contributed by atoms with Crippen molar-refractivity contribution in [2.75, 3.05) is 13.1 Å². The van der Waals surface area contributed by atoms with Crippen LogP contribution in [0.5, 0.6) is 0 Å². The van der Waals surface area contributed by atoms with E-state index in [1.54, 1.807) is 30.3 Å². The van der Waals surface area contributed by atoms with Crippen LogP contribution in [-0.4, -0.2) is 77.0 Å². The molecule has 38 heavy (non-hydrogen) atoms. The Balaban J connectivity index is 2.70. The molecule has 1 rings (SSSR count). The molecule has 0 aliphatic heterocycles. The first-order chi connectivity index (χ1) is 17.9. The van der Waals surface area contributed by atoms with Gasteiger partial charge in [-0.2, -0.15) is 0 Å². The van der Waals surface area contributed by atoms with E-state index < -0.39 is 66.6 Å². The summed E-state index contributed by atoms with van der Waals surface area (Å²) in [5, 5.41) is 24.9. The Morgan fingerprint density at radius 2 is 1.66 bits per heavy atom. The van der Waals surface area contributed by atoms with Crippen LogP contribution < -0.4 is 33.2 Å². The lowest BCUT2D eigenvalue weighted by atomic mass is 10.1. The molecular weight excluding hydrogens is 505 g/mol. The Morgan fingerprint density at radius 1 is 1.00 bits per heavy atom. The molecule has 0 aliphatic rings. The van der Waals surface area contributed by atoms with Crippen molar-refractivity contribution in [3.05, 3.63) is 47.8 Å². The molecule has 0 saturated carbocycles. The van der Waals surface area contributed by atoms with Crippen LogP contribution in [0.2, 0.25) is 0 Å². The maximum atomic E-state index is 14.3. The zero-order chi connectivity index (χ0) is 28.7. The van der Waals surface area contributed by atoms with Crippen molar-refractivity contribution in [3.8, 4) is 0 Å². The third-order valence-electron chi connectivity index (χ3n) is 4.98. The largest absolute Gasteiger partial charge is 0.481 e. The van der Waals surface area contributed by atoms with Crippen LogP contribution in [0, 0.1) is 0 Å². The standard InChI is InChI=1S/C23H32FN7O7/c24-14(8-10-28-20(35)15(25)7-4-9-29-23(26)27)19(34)30-16(12-18(32)33)21(36)31-17(22(37)38)11-13-5-2-1-3-6-13/h1-3,5-6,8,15-17H,4,7,9-12,25H2,(H,28,35)(H,30,34)(H,31,36)(H,32,33)(H,37,38)(H4,26,27,29)/b14-8-/t15-,16-,17-/m0/s1. The number of guanidine groups is 1. The van der Waals surface area contributed by atoms with Crippen LogP contribution in [0.1, 0.15) is 24.8 Å². The summed E-state index contributed by atoms with van der Waals surface area (Å²) in [5.41, 5.74) is 16.7. The monoisotopic (exact) mass is 537 g/mol. The van der Waals surface area contributed by atoms with Gasteiger partial charge in [-0.1, -0.05) is 30.3 Å². The minimum atomic E-state index is -1.77. The van der Waals surface area contributed by atoms with Crippen LogP contribution >= 0.6 is 0 Å². The Hall–Kier alpha value is -4.53. The van der Waals surface area contributed by atoms with E-state index >= 15 is 0 Å². The van der Waals surface area contributed by atoms with Gasteiger partial charge in [-0.05, 0) is 24.5 Å². The third-order valence-corrected chi connectivity index (χ3v) is 4.98. The van der Waals surface area contributed by atoms with Crippen LogP contribution in [-0.2, 0) is 30.4 Å². The van der Waals surface area contributed by atoms with Gasteiger partial charge in [-0.15, -0.1) is 0 Å². The van der Waals surface area contributed by atoms with Crippen molar-refractivity contribution < 1.29 is 38.6 Å². The number of hydrogen-bond acceptors (Lipinski definition) is 7. The fourth-order valence-corrected chi connectivity index (χ4v) is 3.05. The van der Waals surface area contributed by atoms with E-state index in [-0.39, 0.29) is 25.3 Å². The van der Waals surface area contributed by atoms with Gasteiger partial charge in [-0.3, -0.25) is 24.2 Å². The second-order valence-corrected chi connectivity index (χ2v) is 8.07. The topological polar surface area (TPSA) is 252 Å². The number of rotatable bonds is 16. The molecule has 1 aromatic carbocycles. The molecule has 0 fully saturated rings. The first-order valence-corrected chi connectivity index (χ1v) is 11.4. The van der Waals surface area contributed by atoms with Crippen molar-refractivity contribution in [3.63, 3.8) is 0 Å². The van der Waals surface area contributed by atoms with Crippen LogP contribution in [0.4, 0.5) is 4.39 Å². The van der Waals surface area contributed by atoms with Crippen molar-refractivity contribution >= 4 is 35.6 Å². The van der Waals surface area contributed by atoms with Gasteiger partial charge < -0.3 is 43.4 Å². The first kappa shape index (κ1) is 31.5. The minimum absolute atomic E-state index is 0.0983. The van der Waals surface area contributed by atoms with E-state index in [0.29, 0.717) is 18.1 Å². The number of carbonyl (C=O) groups excluding carboxylic acids is 3. The normalized spacial score (nSPS) is 13.4. The van der Waals surface area contributed by atoms with Gasteiger partial charge in [0.05, 0.1) is 12.5 Å². The quantitative estimate of drug-likeness (QED) is 0.0503. The lowest BCUT2D eigenvalue weighted by Gasteiger charge is -2.20. The van der Waals surface area contributed by atoms with E-state index in [0.717, 1.165) is 0 Å². The average molecular weight is 538 g/mol. The molecule has 15 heteroatoms. The Morgan fingerprint density at radius 3 is 2.24 bits per heavy atom. The Bertz CT molecular complexity index is 1050. The van der Waals surface area contributed by atoms with Crippen molar-refractivity contribution in [2.45, 2.75) is 43.8 Å². The summed E-state index contributed by atoms with van der Waals surface area (Å²) in [6, 6.07) is 4.19. The zero-order valence-corrected chi connectivity index (χ0v) is 20.4. The molecule has 3 atom stereocenters. The van der Waals surface area contributed by atoms with Gasteiger partial charge in [0.25, 0.3) is 5.91 Å². The molecule has 0 saturated heterocycles. The molecule has 208 valence electrons. The molecule has 0 bridgehead atoms. The number of aliphatic imine (C=N–C) groups is 1. The maximum absolute atomic E-state index is 14.3. The number of halogens is 1. The van der Waals surface area contributed by atoms with Crippen LogP contribution in [0.15, 0.2) is 47.2 Å². The van der Waals surface area contributed by atoms with Gasteiger partial charge in [0.1, 0.15) is 12.1 Å². The number of nitrogens with one attached hydrogen (secondary N) is 3. The fourth-order valence-electron chi connectivity index (χ4n) is 3.05. The number of hydrogen-bond donors (Lipinski definition) is 8. The number of benzene rings is 1. The number of nitrogens with two attached hydrogens (primary N) is 3. The smallest absolute Gasteiger partial charge is 0.326 e. The molecule has 0 radical (unpaired) electrons. The highest BCUT2D eigenvalue weighted by Gasteiger charge is 2.29. The summed E-state index contributed by atoms with van der Waals surface area (Å²) in [7, 11) is 0. The lowest BCUT2D eigenvalue weighted by molar-refractivity contribution is -0.143. The van der Waals surface area contributed by atoms with Crippen LogP contribution in [0.25, 0.3) is 0 Å². The zero-order valence-electron chi connectivity index (χ0n) is 20.4. The van der Waals surface area contributed by atoms with Crippen molar-refractivity contribution in [1.82, 2.24) is 16.0 Å². The summed E-state index contributed by atoms with van der Waals surface area (Å²) >= 11 is 0. The minimum Gasteiger partial charge on any atom is -0.481 e. The molecule has 0 aromatic heterocycles. The van der Waals surface area contributed by atoms with Crippen molar-refractivity contribution in [2.24, 2.45) is 22.2 Å². The molecule has 14 nitrogen and oxygen atoms in total. The van der Waals surface area contributed by atoms with E-state index in [2.05, 4.69) is 15.6 Å². The Kier molecular flexibility index (Phi) is 13.5. The highest BCUT2D eigenvalue weighted by atomic mass is 19.1. The average Bonchev–Trinajstić information content (AvgIpc) is 2.85. The molecule has 1 aromatic rings.